The molecule has 1 fully saturated rings. The molecule has 6 nitrogen and oxygen atoms in total. The molecule has 8 heteroatoms. The normalized spacial score (nSPS) is 16.4. The number of hydrogen-bond donors (Lipinski definition) is 1. The van der Waals surface area contributed by atoms with E-state index in [2.05, 4.69) is 4.99 Å². The van der Waals surface area contributed by atoms with E-state index in [0.717, 1.165) is 0 Å². The Morgan fingerprint density at radius 3 is 2.48 bits per heavy atom. The molecule has 21 heavy (non-hydrogen) atoms. The summed E-state index contributed by atoms with van der Waals surface area (Å²) in [6, 6.07) is 8.37. The van der Waals surface area contributed by atoms with E-state index in [1.54, 1.807) is 30.3 Å². The van der Waals surface area contributed by atoms with Gasteiger partial charge >= 0.3 is 0 Å². The zero-order valence-corrected chi connectivity index (χ0v) is 14.8. The van der Waals surface area contributed by atoms with Crippen LogP contribution in [0.1, 0.15) is 0 Å². The quantitative estimate of drug-likeness (QED) is 0.437. The number of ether oxygens (including phenoxy) is 1. The maximum Gasteiger partial charge on any atom is 0.191 e. The molecule has 1 aromatic rings. The lowest BCUT2D eigenvalue weighted by Crippen LogP contribution is -2.45. The first-order chi connectivity index (χ1) is 9.59. The van der Waals surface area contributed by atoms with Crippen LogP contribution in [0.5, 0.6) is 0 Å². The number of sulfone groups is 1. The third kappa shape index (κ3) is 5.44. The van der Waals surface area contributed by atoms with Crippen molar-refractivity contribution >= 4 is 39.8 Å². The highest BCUT2D eigenvalue weighted by Crippen LogP contribution is 2.09. The van der Waals surface area contributed by atoms with Crippen LogP contribution < -0.4 is 5.73 Å². The van der Waals surface area contributed by atoms with Gasteiger partial charge in [0, 0.05) is 13.1 Å². The van der Waals surface area contributed by atoms with Gasteiger partial charge in [-0.05, 0) is 12.1 Å². The molecule has 2 N–H and O–H groups in total. The Kier molecular flexibility index (Phi) is 7.40. The Bertz CT molecular complexity index is 557. The van der Waals surface area contributed by atoms with Gasteiger partial charge in [-0.3, -0.25) is 4.99 Å². The molecule has 1 aliphatic heterocycles. The third-order valence-corrected chi connectivity index (χ3v) is 4.78. The molecule has 0 unspecified atom stereocenters. The number of rotatable bonds is 4. The van der Waals surface area contributed by atoms with Gasteiger partial charge in [0.1, 0.15) is 0 Å². The lowest BCUT2D eigenvalue weighted by Gasteiger charge is -2.27. The maximum atomic E-state index is 12.0. The number of nitrogens with zero attached hydrogens (tertiary/aromatic N) is 2. The summed E-state index contributed by atoms with van der Waals surface area (Å²) in [5, 5.41) is 0. The van der Waals surface area contributed by atoms with Crippen molar-refractivity contribution in [1.82, 2.24) is 4.90 Å². The molecule has 0 aromatic heterocycles. The summed E-state index contributed by atoms with van der Waals surface area (Å²) in [4.78, 5) is 6.37. The van der Waals surface area contributed by atoms with E-state index in [-0.39, 0.29) is 36.3 Å². The first-order valence-corrected chi connectivity index (χ1v) is 8.15. The molecule has 1 saturated heterocycles. The second-order valence-corrected chi connectivity index (χ2v) is 6.58. The van der Waals surface area contributed by atoms with Crippen molar-refractivity contribution in [3.63, 3.8) is 0 Å². The Morgan fingerprint density at radius 2 is 1.86 bits per heavy atom. The van der Waals surface area contributed by atoms with Crippen LogP contribution in [-0.2, 0) is 14.6 Å². The minimum absolute atomic E-state index is 0. The highest BCUT2D eigenvalue weighted by atomic mass is 127. The molecule has 1 aliphatic rings. The second kappa shape index (κ2) is 8.54. The van der Waals surface area contributed by atoms with Crippen molar-refractivity contribution < 1.29 is 13.2 Å². The fourth-order valence-electron chi connectivity index (χ4n) is 1.92. The van der Waals surface area contributed by atoms with E-state index in [1.165, 1.54) is 0 Å². The van der Waals surface area contributed by atoms with Crippen molar-refractivity contribution in [2.75, 3.05) is 38.6 Å². The van der Waals surface area contributed by atoms with Gasteiger partial charge in [0.05, 0.1) is 30.4 Å². The number of nitrogens with two attached hydrogens (primary N) is 1. The standard InChI is InChI=1S/C13H19N3O3S.HI/c14-13(16-7-9-19-10-8-16)15-6-11-20(17,18)12-4-2-1-3-5-12;/h1-5H,6-11H2,(H2,14,15);1H. The molecule has 0 atom stereocenters. The molecule has 0 amide bonds. The molecule has 118 valence electrons. The van der Waals surface area contributed by atoms with Crippen LogP contribution in [-0.4, -0.2) is 57.9 Å². The summed E-state index contributed by atoms with van der Waals surface area (Å²) in [6.45, 7) is 2.80. The van der Waals surface area contributed by atoms with Gasteiger partial charge in [0.25, 0.3) is 0 Å². The molecule has 0 radical (unpaired) electrons. The molecule has 1 aromatic carbocycles. The molecular formula is C13H20IN3O3S. The Hall–Kier alpha value is -0.870. The van der Waals surface area contributed by atoms with Crippen LogP contribution in [0.15, 0.2) is 40.2 Å². The lowest BCUT2D eigenvalue weighted by atomic mass is 10.4. The summed E-state index contributed by atoms with van der Waals surface area (Å²) < 4.78 is 29.3. The second-order valence-electron chi connectivity index (χ2n) is 4.47. The van der Waals surface area contributed by atoms with Crippen molar-refractivity contribution in [3.05, 3.63) is 30.3 Å². The van der Waals surface area contributed by atoms with E-state index in [9.17, 15) is 8.42 Å². The minimum atomic E-state index is -3.29. The summed E-state index contributed by atoms with van der Waals surface area (Å²) in [7, 11) is -3.29. The summed E-state index contributed by atoms with van der Waals surface area (Å²) >= 11 is 0. The summed E-state index contributed by atoms with van der Waals surface area (Å²) in [6.07, 6.45) is 0. The fourth-order valence-corrected chi connectivity index (χ4v) is 3.06. The molecule has 0 spiro atoms. The predicted octanol–water partition coefficient (Wildman–Crippen LogP) is 0.725. The number of halogens is 1. The monoisotopic (exact) mass is 425 g/mol. The molecular weight excluding hydrogens is 405 g/mol. The van der Waals surface area contributed by atoms with Crippen molar-refractivity contribution in [2.45, 2.75) is 4.90 Å². The van der Waals surface area contributed by atoms with Gasteiger partial charge in [-0.1, -0.05) is 18.2 Å². The van der Waals surface area contributed by atoms with Gasteiger partial charge in [-0.15, -0.1) is 24.0 Å². The predicted molar refractivity (Wildman–Crippen MR) is 92.8 cm³/mol. The average Bonchev–Trinajstić information content (AvgIpc) is 2.49. The maximum absolute atomic E-state index is 12.0. The van der Waals surface area contributed by atoms with E-state index < -0.39 is 9.84 Å². The highest BCUT2D eigenvalue weighted by molar-refractivity contribution is 14.0. The zero-order valence-electron chi connectivity index (χ0n) is 11.6. The molecule has 2 rings (SSSR count). The van der Waals surface area contributed by atoms with Crippen LogP contribution in [0.3, 0.4) is 0 Å². The minimum Gasteiger partial charge on any atom is -0.378 e. The molecule has 0 bridgehead atoms. The smallest absolute Gasteiger partial charge is 0.191 e. The average molecular weight is 425 g/mol. The van der Waals surface area contributed by atoms with Crippen molar-refractivity contribution in [1.29, 1.82) is 0 Å². The zero-order chi connectivity index (χ0) is 14.4. The molecule has 0 aliphatic carbocycles. The van der Waals surface area contributed by atoms with Crippen LogP contribution >= 0.6 is 24.0 Å². The Balaban J connectivity index is 0.00000220. The van der Waals surface area contributed by atoms with Crippen LogP contribution in [0.25, 0.3) is 0 Å². The van der Waals surface area contributed by atoms with Gasteiger partial charge in [-0.2, -0.15) is 0 Å². The first kappa shape index (κ1) is 18.2. The van der Waals surface area contributed by atoms with Gasteiger partial charge in [0.2, 0.25) is 0 Å². The van der Waals surface area contributed by atoms with Crippen molar-refractivity contribution in [2.24, 2.45) is 10.7 Å². The third-order valence-electron chi connectivity index (χ3n) is 3.07. The Morgan fingerprint density at radius 1 is 1.24 bits per heavy atom. The topological polar surface area (TPSA) is 85.0 Å². The Labute approximate surface area is 142 Å². The van der Waals surface area contributed by atoms with E-state index in [1.807, 2.05) is 4.90 Å². The van der Waals surface area contributed by atoms with E-state index in [4.69, 9.17) is 10.5 Å². The van der Waals surface area contributed by atoms with Gasteiger partial charge < -0.3 is 15.4 Å². The van der Waals surface area contributed by atoms with Crippen LogP contribution in [0, 0.1) is 0 Å². The van der Waals surface area contributed by atoms with E-state index >= 15 is 0 Å². The van der Waals surface area contributed by atoms with Crippen LogP contribution in [0.2, 0.25) is 0 Å². The number of morpholine rings is 1. The largest absolute Gasteiger partial charge is 0.378 e. The first-order valence-electron chi connectivity index (χ1n) is 6.50. The lowest BCUT2D eigenvalue weighted by molar-refractivity contribution is 0.0674. The summed E-state index contributed by atoms with van der Waals surface area (Å²) in [5.74, 6) is 0.346. The van der Waals surface area contributed by atoms with Gasteiger partial charge in [-0.25, -0.2) is 8.42 Å². The molecule has 1 heterocycles. The highest BCUT2D eigenvalue weighted by Gasteiger charge is 2.15. The SMILES string of the molecule is I.NC(=NCCS(=O)(=O)c1ccccc1)N1CCOCC1. The number of guanidine groups is 1. The van der Waals surface area contributed by atoms with E-state index in [0.29, 0.717) is 37.2 Å². The number of hydrogen-bond acceptors (Lipinski definition) is 4. The number of benzene rings is 1. The van der Waals surface area contributed by atoms with Crippen LogP contribution in [0.4, 0.5) is 0 Å². The van der Waals surface area contributed by atoms with Gasteiger partial charge in [0.15, 0.2) is 15.8 Å². The fraction of sp³-hybridized carbons (Fsp3) is 0.462. The van der Waals surface area contributed by atoms with Crippen molar-refractivity contribution in [3.8, 4) is 0 Å². The summed E-state index contributed by atoms with van der Waals surface area (Å²) in [5.41, 5.74) is 5.84. The molecule has 0 saturated carbocycles. The number of aliphatic imine (C=N–C) groups is 1.